The summed E-state index contributed by atoms with van der Waals surface area (Å²) in [6.07, 6.45) is 4.45. The minimum Gasteiger partial charge on any atom is -0.497 e. The SMILES string of the molecule is CCCc1[nH]n(-c2ccc(F)cc2)c(=O)c1C1=C([n+]2ccccc2)C(=O)N(c2ccc(OC)cc2)C1=O. The number of H-pyrrole nitrogens is 1. The van der Waals surface area contributed by atoms with Gasteiger partial charge in [0.05, 0.1) is 24.0 Å². The summed E-state index contributed by atoms with van der Waals surface area (Å²) < 4.78 is 21.6. The molecule has 9 heteroatoms. The van der Waals surface area contributed by atoms with E-state index in [9.17, 15) is 18.8 Å². The number of aromatic nitrogens is 3. The van der Waals surface area contributed by atoms with E-state index in [2.05, 4.69) is 5.10 Å². The summed E-state index contributed by atoms with van der Waals surface area (Å²) in [6, 6.07) is 17.3. The standard InChI is InChI=1S/C28H23FN4O4/c1-3-7-22-23(27(35)33(30-22)20-10-8-18(29)9-11-20)24-25(31-16-5-4-6-17-31)28(36)32(26(24)34)19-12-14-21(37-2)15-13-19/h4-6,8-17H,3,7H2,1-2H3/p+1. The number of anilines is 1. The van der Waals surface area contributed by atoms with Crippen LogP contribution in [0.4, 0.5) is 10.1 Å². The number of aryl methyl sites for hydroxylation is 1. The quantitative estimate of drug-likeness (QED) is 0.312. The molecular formula is C28H24FN4O4+. The normalized spacial score (nSPS) is 13.5. The maximum absolute atomic E-state index is 13.9. The summed E-state index contributed by atoms with van der Waals surface area (Å²) in [5.41, 5.74) is 0.963. The average molecular weight is 500 g/mol. The van der Waals surface area contributed by atoms with Crippen LogP contribution in [0, 0.1) is 5.82 Å². The van der Waals surface area contributed by atoms with E-state index in [0.29, 0.717) is 35.7 Å². The van der Waals surface area contributed by atoms with E-state index in [4.69, 9.17) is 4.74 Å². The van der Waals surface area contributed by atoms with Gasteiger partial charge in [0.25, 0.3) is 17.2 Å². The Morgan fingerprint density at radius 3 is 2.16 bits per heavy atom. The van der Waals surface area contributed by atoms with E-state index in [1.165, 1.54) is 36.1 Å². The lowest BCUT2D eigenvalue weighted by Crippen LogP contribution is -2.39. The molecular weight excluding hydrogens is 475 g/mol. The number of rotatable bonds is 7. The molecule has 0 saturated carbocycles. The lowest BCUT2D eigenvalue weighted by atomic mass is 10.0. The number of hydrogen-bond donors (Lipinski definition) is 1. The summed E-state index contributed by atoms with van der Waals surface area (Å²) in [7, 11) is 1.53. The Kier molecular flexibility index (Phi) is 6.27. The van der Waals surface area contributed by atoms with Crippen LogP contribution in [0.5, 0.6) is 5.75 Å². The molecule has 2 amide bonds. The molecule has 3 heterocycles. The summed E-state index contributed by atoms with van der Waals surface area (Å²) >= 11 is 0. The van der Waals surface area contributed by atoms with Gasteiger partial charge in [0, 0.05) is 17.8 Å². The van der Waals surface area contributed by atoms with Crippen LogP contribution < -0.4 is 19.8 Å². The number of carbonyl (C=O) groups excluding carboxylic acids is 2. The lowest BCUT2D eigenvalue weighted by Gasteiger charge is -2.14. The first-order valence-corrected chi connectivity index (χ1v) is 11.8. The fourth-order valence-corrected chi connectivity index (χ4v) is 4.44. The Hall–Kier alpha value is -4.79. The van der Waals surface area contributed by atoms with Gasteiger partial charge in [-0.3, -0.25) is 19.5 Å². The maximum Gasteiger partial charge on any atom is 0.331 e. The van der Waals surface area contributed by atoms with Crippen LogP contribution >= 0.6 is 0 Å². The summed E-state index contributed by atoms with van der Waals surface area (Å²) in [5.74, 6) is -1.03. The Morgan fingerprint density at radius 2 is 1.54 bits per heavy atom. The number of amides is 2. The number of ether oxygens (including phenoxy) is 1. The predicted octanol–water partition coefficient (Wildman–Crippen LogP) is 3.50. The number of carbonyl (C=O) groups is 2. The van der Waals surface area contributed by atoms with Crippen molar-refractivity contribution < 1.29 is 23.3 Å². The fraction of sp³-hybridized carbons (Fsp3) is 0.143. The first kappa shape index (κ1) is 23.9. The minimum absolute atomic E-state index is 0.00239. The number of methoxy groups -OCH3 is 1. The second-order valence-corrected chi connectivity index (χ2v) is 8.48. The van der Waals surface area contributed by atoms with Crippen molar-refractivity contribution in [2.24, 2.45) is 0 Å². The highest BCUT2D eigenvalue weighted by Gasteiger charge is 2.48. The molecule has 0 spiro atoms. The smallest absolute Gasteiger partial charge is 0.331 e. The highest BCUT2D eigenvalue weighted by Crippen LogP contribution is 2.34. The van der Waals surface area contributed by atoms with Gasteiger partial charge in [-0.25, -0.2) is 14.0 Å². The number of benzene rings is 2. The Balaban J connectivity index is 1.74. The molecule has 1 aliphatic rings. The Bertz CT molecular complexity index is 1570. The highest BCUT2D eigenvalue weighted by molar-refractivity contribution is 6.53. The van der Waals surface area contributed by atoms with Gasteiger partial charge < -0.3 is 4.74 Å². The van der Waals surface area contributed by atoms with E-state index >= 15 is 0 Å². The van der Waals surface area contributed by atoms with Crippen LogP contribution in [0.25, 0.3) is 17.0 Å². The van der Waals surface area contributed by atoms with Gasteiger partial charge in [0.2, 0.25) is 0 Å². The second kappa shape index (κ2) is 9.69. The largest absolute Gasteiger partial charge is 0.497 e. The van der Waals surface area contributed by atoms with Gasteiger partial charge in [-0.05, 0) is 55.0 Å². The van der Waals surface area contributed by atoms with Crippen LogP contribution in [0.2, 0.25) is 0 Å². The summed E-state index contributed by atoms with van der Waals surface area (Å²) in [4.78, 5) is 42.6. The molecule has 1 N–H and O–H groups in total. The average Bonchev–Trinajstić information content (AvgIpc) is 3.37. The molecule has 0 atom stereocenters. The van der Waals surface area contributed by atoms with Gasteiger partial charge in [-0.1, -0.05) is 19.4 Å². The van der Waals surface area contributed by atoms with Crippen molar-refractivity contribution in [3.63, 3.8) is 0 Å². The topological polar surface area (TPSA) is 88.3 Å². The summed E-state index contributed by atoms with van der Waals surface area (Å²) in [5, 5.41) is 3.08. The molecule has 1 aliphatic heterocycles. The van der Waals surface area contributed by atoms with E-state index in [-0.39, 0.29) is 16.8 Å². The van der Waals surface area contributed by atoms with Gasteiger partial charge in [0.15, 0.2) is 12.4 Å². The molecule has 0 fully saturated rings. The molecule has 0 radical (unpaired) electrons. The molecule has 4 aromatic rings. The van der Waals surface area contributed by atoms with Crippen molar-refractivity contribution in [1.82, 2.24) is 9.78 Å². The predicted molar refractivity (Wildman–Crippen MR) is 136 cm³/mol. The number of pyridine rings is 1. The van der Waals surface area contributed by atoms with E-state index in [1.807, 2.05) is 6.92 Å². The Morgan fingerprint density at radius 1 is 0.892 bits per heavy atom. The number of hydrogen-bond acceptors (Lipinski definition) is 4. The van der Waals surface area contributed by atoms with Crippen LogP contribution in [0.3, 0.4) is 0 Å². The zero-order chi connectivity index (χ0) is 26.1. The lowest BCUT2D eigenvalue weighted by molar-refractivity contribution is -0.576. The number of aromatic amines is 1. The van der Waals surface area contributed by atoms with Crippen molar-refractivity contribution >= 4 is 28.8 Å². The van der Waals surface area contributed by atoms with Crippen molar-refractivity contribution in [3.8, 4) is 11.4 Å². The molecule has 0 bridgehead atoms. The molecule has 37 heavy (non-hydrogen) atoms. The van der Waals surface area contributed by atoms with Crippen molar-refractivity contribution in [2.45, 2.75) is 19.8 Å². The highest BCUT2D eigenvalue weighted by atomic mass is 19.1. The van der Waals surface area contributed by atoms with E-state index in [0.717, 1.165) is 4.90 Å². The molecule has 2 aromatic heterocycles. The van der Waals surface area contributed by atoms with Gasteiger partial charge in [-0.2, -0.15) is 4.57 Å². The van der Waals surface area contributed by atoms with Crippen LogP contribution in [-0.4, -0.2) is 28.7 Å². The monoisotopic (exact) mass is 499 g/mol. The van der Waals surface area contributed by atoms with Crippen LogP contribution in [0.1, 0.15) is 24.6 Å². The van der Waals surface area contributed by atoms with Crippen LogP contribution in [-0.2, 0) is 16.0 Å². The summed E-state index contributed by atoms with van der Waals surface area (Å²) in [6.45, 7) is 1.95. The third-order valence-electron chi connectivity index (χ3n) is 6.16. The number of nitrogens with one attached hydrogen (secondary N) is 1. The van der Waals surface area contributed by atoms with Crippen molar-refractivity contribution in [3.05, 3.63) is 107 Å². The maximum atomic E-state index is 13.9. The number of nitrogens with zero attached hydrogens (tertiary/aromatic N) is 3. The first-order valence-electron chi connectivity index (χ1n) is 11.8. The molecule has 2 aromatic carbocycles. The van der Waals surface area contributed by atoms with Crippen molar-refractivity contribution in [2.75, 3.05) is 12.0 Å². The molecule has 0 saturated heterocycles. The van der Waals surface area contributed by atoms with E-state index < -0.39 is 23.2 Å². The van der Waals surface area contributed by atoms with Gasteiger partial charge in [0.1, 0.15) is 17.1 Å². The molecule has 8 nitrogen and oxygen atoms in total. The molecule has 0 unspecified atom stereocenters. The number of halogens is 1. The first-order chi connectivity index (χ1) is 17.9. The zero-order valence-corrected chi connectivity index (χ0v) is 20.3. The Labute approximate surface area is 211 Å². The second-order valence-electron chi connectivity index (χ2n) is 8.48. The number of imide groups is 1. The van der Waals surface area contributed by atoms with Gasteiger partial charge in [-0.15, -0.1) is 0 Å². The third kappa shape index (κ3) is 4.14. The fourth-order valence-electron chi connectivity index (χ4n) is 4.44. The molecule has 186 valence electrons. The molecule has 0 aliphatic carbocycles. The molecule has 5 rings (SSSR count). The van der Waals surface area contributed by atoms with Crippen LogP contribution in [0.15, 0.2) is 83.9 Å². The third-order valence-corrected chi connectivity index (χ3v) is 6.16. The van der Waals surface area contributed by atoms with Crippen molar-refractivity contribution in [1.29, 1.82) is 0 Å². The van der Waals surface area contributed by atoms with Gasteiger partial charge >= 0.3 is 5.91 Å². The van der Waals surface area contributed by atoms with E-state index in [1.54, 1.807) is 59.4 Å². The zero-order valence-electron chi connectivity index (χ0n) is 20.3. The minimum atomic E-state index is -0.610.